The molecule has 5 nitrogen and oxygen atoms in total. The highest BCUT2D eigenvalue weighted by atomic mass is 35.5. The Morgan fingerprint density at radius 2 is 2.04 bits per heavy atom. The Balaban J connectivity index is 1.76. The molecule has 1 aromatic carbocycles. The summed E-state index contributed by atoms with van der Waals surface area (Å²) in [5.41, 5.74) is 2.82. The van der Waals surface area contributed by atoms with Crippen LogP contribution in [0.4, 0.5) is 4.39 Å². The predicted octanol–water partition coefficient (Wildman–Crippen LogP) is 4.16. The van der Waals surface area contributed by atoms with Gasteiger partial charge in [-0.05, 0) is 13.0 Å². The third-order valence-electron chi connectivity index (χ3n) is 4.55. The zero-order chi connectivity index (χ0) is 17.7. The van der Waals surface area contributed by atoms with Crippen molar-refractivity contribution in [1.29, 1.82) is 0 Å². The van der Waals surface area contributed by atoms with E-state index in [1.807, 2.05) is 13.0 Å². The van der Waals surface area contributed by atoms with Crippen LogP contribution < -0.4 is 0 Å². The van der Waals surface area contributed by atoms with Gasteiger partial charge in [0.05, 0.1) is 34.0 Å². The van der Waals surface area contributed by atoms with Crippen molar-refractivity contribution < 1.29 is 9.18 Å². The molecule has 0 saturated carbocycles. The molecule has 0 spiro atoms. The minimum Gasteiger partial charge on any atom is -0.357 e. The van der Waals surface area contributed by atoms with E-state index in [-0.39, 0.29) is 17.8 Å². The summed E-state index contributed by atoms with van der Waals surface area (Å²) >= 11 is 12.4. The van der Waals surface area contributed by atoms with Gasteiger partial charge in [0.1, 0.15) is 0 Å². The number of aromatic nitrogens is 3. The standard InChI is InChI=1S/C17H13Cl2FN4O/c1-8-13-10-2-3-11(18)14(19)15(10)23-12(13)4-5-24(8)17(25)16-21-6-9(20)7-22-16/h2-3,6-8,23H,4-5H2,1H3. The number of hydrogen-bond donors (Lipinski definition) is 1. The number of carbonyl (C=O) groups is 1. The fourth-order valence-electron chi connectivity index (χ4n) is 3.36. The fourth-order valence-corrected chi connectivity index (χ4v) is 3.73. The smallest absolute Gasteiger partial charge is 0.292 e. The maximum absolute atomic E-state index is 13.0. The molecule has 8 heteroatoms. The Hall–Kier alpha value is -2.18. The van der Waals surface area contributed by atoms with Crippen molar-refractivity contribution in [1.82, 2.24) is 19.9 Å². The zero-order valence-corrected chi connectivity index (χ0v) is 14.7. The fraction of sp³-hybridized carbons (Fsp3) is 0.235. The molecule has 1 N–H and O–H groups in total. The van der Waals surface area contributed by atoms with Crippen molar-refractivity contribution in [3.05, 3.63) is 57.5 Å². The van der Waals surface area contributed by atoms with E-state index in [2.05, 4.69) is 15.0 Å². The molecule has 0 saturated heterocycles. The average Bonchev–Trinajstić information content (AvgIpc) is 2.99. The minimum absolute atomic E-state index is 0.0161. The molecule has 1 aliphatic rings. The van der Waals surface area contributed by atoms with Crippen molar-refractivity contribution in [2.75, 3.05) is 6.54 Å². The highest BCUT2D eigenvalue weighted by Crippen LogP contribution is 2.40. The van der Waals surface area contributed by atoms with Crippen LogP contribution >= 0.6 is 23.2 Å². The number of amides is 1. The molecule has 3 heterocycles. The highest BCUT2D eigenvalue weighted by molar-refractivity contribution is 6.45. The van der Waals surface area contributed by atoms with Gasteiger partial charge in [-0.3, -0.25) is 4.79 Å². The summed E-state index contributed by atoms with van der Waals surface area (Å²) < 4.78 is 13.0. The lowest BCUT2D eigenvalue weighted by Crippen LogP contribution is -2.39. The summed E-state index contributed by atoms with van der Waals surface area (Å²) in [4.78, 5) is 25.3. The number of aromatic amines is 1. The van der Waals surface area contributed by atoms with Crippen LogP contribution in [0.25, 0.3) is 10.9 Å². The number of fused-ring (bicyclic) bond motifs is 3. The number of benzene rings is 1. The van der Waals surface area contributed by atoms with E-state index >= 15 is 0 Å². The average molecular weight is 379 g/mol. The van der Waals surface area contributed by atoms with Gasteiger partial charge in [0, 0.05) is 29.6 Å². The van der Waals surface area contributed by atoms with Gasteiger partial charge >= 0.3 is 0 Å². The number of carbonyl (C=O) groups excluding carboxylic acids is 1. The van der Waals surface area contributed by atoms with E-state index < -0.39 is 5.82 Å². The van der Waals surface area contributed by atoms with Gasteiger partial charge in [-0.1, -0.05) is 29.3 Å². The van der Waals surface area contributed by atoms with Crippen LogP contribution in [-0.4, -0.2) is 32.3 Å². The molecule has 0 fully saturated rings. The molecule has 1 atom stereocenters. The van der Waals surface area contributed by atoms with Crippen molar-refractivity contribution in [2.24, 2.45) is 0 Å². The summed E-state index contributed by atoms with van der Waals surface area (Å²) in [5, 5.41) is 1.89. The van der Waals surface area contributed by atoms with Gasteiger partial charge in [0.2, 0.25) is 5.82 Å². The molecule has 4 rings (SSSR count). The third kappa shape index (κ3) is 2.56. The monoisotopic (exact) mass is 378 g/mol. The Labute approximate surface area is 152 Å². The quantitative estimate of drug-likeness (QED) is 0.691. The molecule has 2 aromatic heterocycles. The summed E-state index contributed by atoms with van der Waals surface area (Å²) in [6.07, 6.45) is 2.64. The van der Waals surface area contributed by atoms with Gasteiger partial charge in [-0.2, -0.15) is 0 Å². The second kappa shape index (κ2) is 5.97. The van der Waals surface area contributed by atoms with E-state index in [0.717, 1.165) is 34.6 Å². The van der Waals surface area contributed by atoms with Gasteiger partial charge in [0.25, 0.3) is 5.91 Å². The van der Waals surface area contributed by atoms with Crippen LogP contribution in [-0.2, 0) is 6.42 Å². The lowest BCUT2D eigenvalue weighted by atomic mass is 9.97. The van der Waals surface area contributed by atoms with Gasteiger partial charge in [0.15, 0.2) is 5.82 Å². The zero-order valence-electron chi connectivity index (χ0n) is 13.2. The second-order valence-corrected chi connectivity index (χ2v) is 6.74. The largest absolute Gasteiger partial charge is 0.357 e. The number of halogens is 3. The summed E-state index contributed by atoms with van der Waals surface area (Å²) in [6, 6.07) is 3.45. The first-order valence-electron chi connectivity index (χ1n) is 7.74. The van der Waals surface area contributed by atoms with Crippen molar-refractivity contribution in [3.8, 4) is 0 Å². The summed E-state index contributed by atoms with van der Waals surface area (Å²) in [6.45, 7) is 2.45. The minimum atomic E-state index is -0.575. The molecule has 128 valence electrons. The number of hydrogen-bond acceptors (Lipinski definition) is 3. The van der Waals surface area contributed by atoms with Crippen LogP contribution in [0.2, 0.25) is 10.0 Å². The van der Waals surface area contributed by atoms with E-state index in [0.29, 0.717) is 23.0 Å². The van der Waals surface area contributed by atoms with E-state index in [1.54, 1.807) is 11.0 Å². The lowest BCUT2D eigenvalue weighted by Gasteiger charge is -2.33. The number of rotatable bonds is 1. The van der Waals surface area contributed by atoms with E-state index in [1.165, 1.54) is 0 Å². The van der Waals surface area contributed by atoms with Gasteiger partial charge in [-0.15, -0.1) is 0 Å². The maximum atomic E-state index is 13.0. The Morgan fingerprint density at radius 1 is 1.32 bits per heavy atom. The van der Waals surface area contributed by atoms with E-state index in [4.69, 9.17) is 23.2 Å². The molecule has 1 unspecified atom stereocenters. The predicted molar refractivity (Wildman–Crippen MR) is 93.5 cm³/mol. The normalized spacial score (nSPS) is 17.0. The molecule has 0 radical (unpaired) electrons. The van der Waals surface area contributed by atoms with Crippen LogP contribution in [0.3, 0.4) is 0 Å². The number of nitrogens with one attached hydrogen (secondary N) is 1. The molecule has 25 heavy (non-hydrogen) atoms. The molecule has 1 amide bonds. The van der Waals surface area contributed by atoms with Crippen LogP contribution in [0, 0.1) is 5.82 Å². The summed E-state index contributed by atoms with van der Waals surface area (Å²) in [5.74, 6) is -0.918. The first kappa shape index (κ1) is 16.3. The first-order chi connectivity index (χ1) is 12.0. The van der Waals surface area contributed by atoms with Crippen LogP contribution in [0.15, 0.2) is 24.5 Å². The Kier molecular flexibility index (Phi) is 3.89. The van der Waals surface area contributed by atoms with Gasteiger partial charge in [-0.25, -0.2) is 14.4 Å². The highest BCUT2D eigenvalue weighted by Gasteiger charge is 2.32. The molecule has 0 bridgehead atoms. The van der Waals surface area contributed by atoms with Crippen molar-refractivity contribution in [2.45, 2.75) is 19.4 Å². The summed E-state index contributed by atoms with van der Waals surface area (Å²) in [7, 11) is 0. The molecule has 3 aromatic rings. The van der Waals surface area contributed by atoms with Crippen molar-refractivity contribution >= 4 is 40.0 Å². The van der Waals surface area contributed by atoms with E-state index in [9.17, 15) is 9.18 Å². The number of H-pyrrole nitrogens is 1. The molecule has 0 aliphatic carbocycles. The SMILES string of the molecule is CC1c2c([nH]c3c(Cl)c(Cl)ccc23)CCN1C(=O)c1ncc(F)cn1. The first-order valence-corrected chi connectivity index (χ1v) is 8.50. The topological polar surface area (TPSA) is 61.9 Å². The Morgan fingerprint density at radius 3 is 2.76 bits per heavy atom. The third-order valence-corrected chi connectivity index (χ3v) is 5.35. The van der Waals surface area contributed by atoms with Gasteiger partial charge < -0.3 is 9.88 Å². The maximum Gasteiger partial charge on any atom is 0.292 e. The molecular formula is C17H13Cl2FN4O. The number of nitrogens with zero attached hydrogens (tertiary/aromatic N) is 3. The van der Waals surface area contributed by atoms with Crippen molar-refractivity contribution in [3.63, 3.8) is 0 Å². The Bertz CT molecular complexity index is 986. The second-order valence-electron chi connectivity index (χ2n) is 5.95. The molecular weight excluding hydrogens is 366 g/mol. The molecule has 1 aliphatic heterocycles. The lowest BCUT2D eigenvalue weighted by molar-refractivity contribution is 0.0665. The van der Waals surface area contributed by atoms with Crippen LogP contribution in [0.1, 0.15) is 34.8 Å². The van der Waals surface area contributed by atoms with Crippen LogP contribution in [0.5, 0.6) is 0 Å².